The first-order valence-electron chi connectivity index (χ1n) is 17.1. The van der Waals surface area contributed by atoms with E-state index in [1.807, 2.05) is 91.0 Å². The van der Waals surface area contributed by atoms with Gasteiger partial charge in [0.15, 0.2) is 6.10 Å². The minimum Gasteiger partial charge on any atom is -0.467 e. The Hall–Kier alpha value is -4.82. The Morgan fingerprint density at radius 1 is 0.769 bits per heavy atom. The van der Waals surface area contributed by atoms with Gasteiger partial charge in [-0.2, -0.15) is 0 Å². The van der Waals surface area contributed by atoms with Gasteiger partial charge in [0.25, 0.3) is 5.91 Å². The molecule has 13 nitrogen and oxygen atoms in total. The van der Waals surface area contributed by atoms with Gasteiger partial charge in [-0.15, -0.1) is 0 Å². The summed E-state index contributed by atoms with van der Waals surface area (Å²) in [4.78, 5) is 51.9. The van der Waals surface area contributed by atoms with E-state index in [-0.39, 0.29) is 33.0 Å². The second kappa shape index (κ2) is 19.7. The summed E-state index contributed by atoms with van der Waals surface area (Å²) in [6, 6.07) is 26.3. The Morgan fingerprint density at radius 2 is 1.29 bits per heavy atom. The molecule has 0 radical (unpaired) electrons. The van der Waals surface area contributed by atoms with Crippen LogP contribution in [0.3, 0.4) is 0 Å². The van der Waals surface area contributed by atoms with Crippen LogP contribution in [0.25, 0.3) is 0 Å². The fourth-order valence-corrected chi connectivity index (χ4v) is 5.58. The van der Waals surface area contributed by atoms with E-state index in [1.54, 1.807) is 20.8 Å². The zero-order valence-corrected chi connectivity index (χ0v) is 30.2. The number of methoxy groups -OCH3 is 1. The van der Waals surface area contributed by atoms with Crippen LogP contribution in [-0.2, 0) is 62.6 Å². The van der Waals surface area contributed by atoms with E-state index in [0.29, 0.717) is 0 Å². The van der Waals surface area contributed by atoms with Crippen LogP contribution in [0.15, 0.2) is 91.0 Å². The number of esters is 1. The van der Waals surface area contributed by atoms with E-state index in [2.05, 4.69) is 16.0 Å². The van der Waals surface area contributed by atoms with Crippen LogP contribution in [0.5, 0.6) is 0 Å². The van der Waals surface area contributed by atoms with Crippen LogP contribution in [0, 0.1) is 0 Å². The highest BCUT2D eigenvalue weighted by Gasteiger charge is 2.50. The lowest BCUT2D eigenvalue weighted by Gasteiger charge is -2.46. The van der Waals surface area contributed by atoms with Crippen molar-refractivity contribution < 1.29 is 47.6 Å². The molecule has 0 unspecified atom stereocenters. The number of rotatable bonds is 16. The van der Waals surface area contributed by atoms with Gasteiger partial charge in [0.2, 0.25) is 5.91 Å². The van der Waals surface area contributed by atoms with Crippen LogP contribution < -0.4 is 16.0 Å². The number of benzene rings is 3. The van der Waals surface area contributed by atoms with E-state index in [4.69, 9.17) is 28.4 Å². The fraction of sp³-hybridized carbons (Fsp3) is 0.436. The molecule has 0 aromatic heterocycles. The van der Waals surface area contributed by atoms with E-state index < -0.39 is 66.0 Å². The SMILES string of the molecule is COC(=O)[C@H](CNC(=O)[C@@H]1O[C@H](COCc2ccccc2)[C@@H](OCc2ccccc2)[C@H](OCc2ccccc2)[C@H]1NC(C)=O)NC(=O)OC(C)(C)C. The monoisotopic (exact) mass is 719 g/mol. The van der Waals surface area contributed by atoms with Crippen LogP contribution >= 0.6 is 0 Å². The molecule has 1 aliphatic rings. The lowest BCUT2D eigenvalue weighted by molar-refractivity contribution is -0.230. The van der Waals surface area contributed by atoms with Crippen molar-refractivity contribution in [1.29, 1.82) is 0 Å². The average molecular weight is 720 g/mol. The summed E-state index contributed by atoms with van der Waals surface area (Å²) in [5.74, 6) is -1.92. The maximum Gasteiger partial charge on any atom is 0.408 e. The van der Waals surface area contributed by atoms with Crippen molar-refractivity contribution in [1.82, 2.24) is 16.0 Å². The highest BCUT2D eigenvalue weighted by Crippen LogP contribution is 2.29. The van der Waals surface area contributed by atoms with Crippen molar-refractivity contribution in [3.8, 4) is 0 Å². The van der Waals surface area contributed by atoms with Crippen molar-refractivity contribution >= 4 is 23.9 Å². The lowest BCUT2D eigenvalue weighted by atomic mass is 9.91. The van der Waals surface area contributed by atoms with Gasteiger partial charge in [0.05, 0.1) is 39.6 Å². The van der Waals surface area contributed by atoms with Crippen molar-refractivity contribution in [3.63, 3.8) is 0 Å². The van der Waals surface area contributed by atoms with Gasteiger partial charge >= 0.3 is 12.1 Å². The standard InChI is InChI=1S/C39H49N3O10/c1-26(43)41-32-34(50-24-29-19-13-8-14-20-29)33(49-23-28-17-11-7-12-18-28)31(25-48-22-27-15-9-6-10-16-27)51-35(32)36(44)40-21-30(37(45)47-5)42-38(46)52-39(2,3)4/h6-20,30-35H,21-25H2,1-5H3,(H,40,44)(H,41,43)(H,42,46)/t30-,31+,32+,33+,34+,35+/m0/s1. The summed E-state index contributed by atoms with van der Waals surface area (Å²) < 4.78 is 35.8. The normalized spacial score (nSPS) is 20.6. The van der Waals surface area contributed by atoms with E-state index in [9.17, 15) is 19.2 Å². The number of carbonyl (C=O) groups excluding carboxylic acids is 4. The van der Waals surface area contributed by atoms with Crippen LogP contribution in [0.4, 0.5) is 4.79 Å². The quantitative estimate of drug-likeness (QED) is 0.186. The molecule has 0 saturated carbocycles. The third-order valence-electron chi connectivity index (χ3n) is 7.94. The third kappa shape index (κ3) is 12.7. The zero-order chi connectivity index (χ0) is 37.5. The van der Waals surface area contributed by atoms with Gasteiger partial charge in [0, 0.05) is 13.5 Å². The fourth-order valence-electron chi connectivity index (χ4n) is 5.58. The zero-order valence-electron chi connectivity index (χ0n) is 30.2. The molecular weight excluding hydrogens is 670 g/mol. The molecule has 0 aliphatic carbocycles. The van der Waals surface area contributed by atoms with Gasteiger partial charge in [0.1, 0.15) is 30.0 Å². The van der Waals surface area contributed by atoms with Gasteiger partial charge in [-0.1, -0.05) is 91.0 Å². The molecule has 0 bridgehead atoms. The van der Waals surface area contributed by atoms with Crippen LogP contribution in [-0.4, -0.2) is 86.2 Å². The van der Waals surface area contributed by atoms with Gasteiger partial charge in [-0.25, -0.2) is 9.59 Å². The highest BCUT2D eigenvalue weighted by molar-refractivity contribution is 5.86. The summed E-state index contributed by atoms with van der Waals surface area (Å²) >= 11 is 0. The molecule has 3 N–H and O–H groups in total. The first kappa shape index (κ1) is 40.0. The first-order valence-corrected chi connectivity index (χ1v) is 17.1. The maximum atomic E-state index is 14.0. The smallest absolute Gasteiger partial charge is 0.408 e. The van der Waals surface area contributed by atoms with Crippen molar-refractivity contribution in [2.75, 3.05) is 20.3 Å². The summed E-state index contributed by atoms with van der Waals surface area (Å²) in [5.41, 5.74) is 1.87. The van der Waals surface area contributed by atoms with E-state index in [0.717, 1.165) is 23.8 Å². The van der Waals surface area contributed by atoms with Crippen molar-refractivity contribution in [3.05, 3.63) is 108 Å². The number of amides is 3. The molecule has 4 rings (SSSR count). The third-order valence-corrected chi connectivity index (χ3v) is 7.94. The number of ether oxygens (including phenoxy) is 6. The van der Waals surface area contributed by atoms with Crippen molar-refractivity contribution in [2.24, 2.45) is 0 Å². The molecule has 1 heterocycles. The number of hydrogen-bond acceptors (Lipinski definition) is 10. The summed E-state index contributed by atoms with van der Waals surface area (Å²) in [6.45, 7) is 6.61. The van der Waals surface area contributed by atoms with Crippen molar-refractivity contribution in [2.45, 2.75) is 89.6 Å². The number of carbonyl (C=O) groups is 4. The molecule has 3 amide bonds. The molecule has 1 fully saturated rings. The summed E-state index contributed by atoms with van der Waals surface area (Å²) in [7, 11) is 1.16. The molecule has 1 saturated heterocycles. The molecule has 280 valence electrons. The maximum absolute atomic E-state index is 14.0. The molecule has 52 heavy (non-hydrogen) atoms. The molecule has 3 aromatic rings. The minimum absolute atomic E-state index is 0.0150. The second-order valence-corrected chi connectivity index (χ2v) is 13.3. The Labute approximate surface area is 304 Å². The molecule has 6 atom stereocenters. The molecule has 3 aromatic carbocycles. The summed E-state index contributed by atoms with van der Waals surface area (Å²) in [6.07, 6.45) is -4.75. The van der Waals surface area contributed by atoms with E-state index >= 15 is 0 Å². The molecule has 1 aliphatic heterocycles. The predicted octanol–water partition coefficient (Wildman–Crippen LogP) is 3.83. The predicted molar refractivity (Wildman–Crippen MR) is 191 cm³/mol. The Kier molecular flexibility index (Phi) is 15.1. The van der Waals surface area contributed by atoms with Crippen LogP contribution in [0.2, 0.25) is 0 Å². The van der Waals surface area contributed by atoms with E-state index in [1.165, 1.54) is 6.92 Å². The number of hydrogen-bond donors (Lipinski definition) is 3. The van der Waals surface area contributed by atoms with Gasteiger partial charge < -0.3 is 44.4 Å². The molecule has 0 spiro atoms. The largest absolute Gasteiger partial charge is 0.467 e. The summed E-state index contributed by atoms with van der Waals surface area (Å²) in [5, 5.41) is 7.98. The highest BCUT2D eigenvalue weighted by atomic mass is 16.6. The number of alkyl carbamates (subject to hydrolysis) is 1. The molecule has 13 heteroatoms. The Bertz CT molecular complexity index is 1570. The average Bonchev–Trinajstić information content (AvgIpc) is 3.12. The Balaban J connectivity index is 1.63. The second-order valence-electron chi connectivity index (χ2n) is 13.3. The Morgan fingerprint density at radius 3 is 1.79 bits per heavy atom. The topological polar surface area (TPSA) is 160 Å². The number of nitrogens with one attached hydrogen (secondary N) is 3. The van der Waals surface area contributed by atoms with Gasteiger partial charge in [-0.3, -0.25) is 9.59 Å². The van der Waals surface area contributed by atoms with Gasteiger partial charge in [-0.05, 0) is 37.5 Å². The first-order chi connectivity index (χ1) is 24.9. The minimum atomic E-state index is -1.33. The molecular formula is C39H49N3O10. The lowest BCUT2D eigenvalue weighted by Crippen LogP contribution is -2.68. The van der Waals surface area contributed by atoms with Crippen LogP contribution in [0.1, 0.15) is 44.4 Å².